The molecule has 2 N–H and O–H groups in total. The van der Waals surface area contributed by atoms with Crippen LogP contribution in [0.3, 0.4) is 0 Å². The number of benzene rings is 1. The van der Waals surface area contributed by atoms with E-state index in [1.165, 1.54) is 23.0 Å². The van der Waals surface area contributed by atoms with Gasteiger partial charge in [-0.15, -0.1) is 0 Å². The van der Waals surface area contributed by atoms with Crippen molar-refractivity contribution in [2.24, 2.45) is 7.05 Å². The van der Waals surface area contributed by atoms with Gasteiger partial charge in [0, 0.05) is 13.2 Å². The summed E-state index contributed by atoms with van der Waals surface area (Å²) in [5.74, 6) is -0.436. The number of carbonyl (C=O) groups is 1. The van der Waals surface area contributed by atoms with Gasteiger partial charge in [-0.1, -0.05) is 6.07 Å². The average molecular weight is 256 g/mol. The summed E-state index contributed by atoms with van der Waals surface area (Å²) >= 11 is 0. The third-order valence-corrected chi connectivity index (χ3v) is 2.58. The van der Waals surface area contributed by atoms with Crippen LogP contribution < -0.4 is 5.32 Å². The van der Waals surface area contributed by atoms with Gasteiger partial charge < -0.3 is 10.4 Å². The summed E-state index contributed by atoms with van der Waals surface area (Å²) in [6.07, 6.45) is 1.50. The van der Waals surface area contributed by atoms with Gasteiger partial charge in [0.05, 0.1) is 5.56 Å². The first-order valence-electron chi connectivity index (χ1n) is 5.56. The zero-order valence-corrected chi connectivity index (χ0v) is 10.5. The summed E-state index contributed by atoms with van der Waals surface area (Å²) in [7, 11) is 1.65. The van der Waals surface area contributed by atoms with Crippen molar-refractivity contribution in [3.05, 3.63) is 41.1 Å². The lowest BCUT2D eigenvalue weighted by atomic mass is 10.1. The number of rotatable bonds is 2. The number of nitrogens with zero attached hydrogens (tertiary/aromatic N) is 3. The molecule has 0 aliphatic heterocycles. The molecule has 0 radical (unpaired) electrons. The van der Waals surface area contributed by atoms with Gasteiger partial charge in [0.25, 0.3) is 5.91 Å². The second-order valence-corrected chi connectivity index (χ2v) is 4.15. The highest BCUT2D eigenvalue weighted by molar-refractivity contribution is 6.06. The van der Waals surface area contributed by atoms with Gasteiger partial charge in [-0.25, -0.2) is 0 Å². The number of hydrogen-bond donors (Lipinski definition) is 2. The Balaban J connectivity index is 2.28. The second kappa shape index (κ2) is 4.82. The van der Waals surface area contributed by atoms with Crippen LogP contribution in [0.1, 0.15) is 21.5 Å². The zero-order chi connectivity index (χ0) is 14.0. The number of nitriles is 1. The van der Waals surface area contributed by atoms with Crippen LogP contribution in [0, 0.1) is 18.3 Å². The van der Waals surface area contributed by atoms with Crippen molar-refractivity contribution in [3.8, 4) is 11.8 Å². The van der Waals surface area contributed by atoms with Gasteiger partial charge in [0.15, 0.2) is 5.82 Å². The van der Waals surface area contributed by atoms with E-state index in [0.717, 1.165) is 5.56 Å². The van der Waals surface area contributed by atoms with E-state index in [0.29, 0.717) is 0 Å². The molecule has 0 fully saturated rings. The molecule has 0 atom stereocenters. The van der Waals surface area contributed by atoms with Crippen LogP contribution in [0.2, 0.25) is 0 Å². The molecule has 0 saturated carbocycles. The Hall–Kier alpha value is -2.81. The molecule has 19 heavy (non-hydrogen) atoms. The second-order valence-electron chi connectivity index (χ2n) is 4.15. The lowest BCUT2D eigenvalue weighted by Gasteiger charge is -2.05. The van der Waals surface area contributed by atoms with Gasteiger partial charge in [-0.05, 0) is 24.6 Å². The summed E-state index contributed by atoms with van der Waals surface area (Å²) in [6, 6.07) is 6.68. The first-order valence-corrected chi connectivity index (χ1v) is 5.56. The Labute approximate surface area is 109 Å². The van der Waals surface area contributed by atoms with Gasteiger partial charge in [0.2, 0.25) is 0 Å². The SMILES string of the molecule is Cc1ccc(C(=O)Nc2nn(C)cc2C#N)c(O)c1. The van der Waals surface area contributed by atoms with Crippen molar-refractivity contribution in [2.75, 3.05) is 5.32 Å². The summed E-state index contributed by atoms with van der Waals surface area (Å²) in [5.41, 5.74) is 1.26. The molecule has 2 rings (SSSR count). The van der Waals surface area contributed by atoms with E-state index in [2.05, 4.69) is 10.4 Å². The smallest absolute Gasteiger partial charge is 0.260 e. The number of carbonyl (C=O) groups excluding carboxylic acids is 1. The standard InChI is InChI=1S/C13H12N4O2/c1-8-3-4-10(11(18)5-8)13(19)15-12-9(6-14)7-17(2)16-12/h3-5,7,18H,1-2H3,(H,15,16,19). The predicted octanol–water partition coefficient (Wildman–Crippen LogP) is 1.56. The minimum absolute atomic E-state index is 0.105. The average Bonchev–Trinajstić information content (AvgIpc) is 2.69. The maximum atomic E-state index is 12.0. The molecule has 1 heterocycles. The topological polar surface area (TPSA) is 90.9 Å². The normalized spacial score (nSPS) is 9.95. The molecule has 0 bridgehead atoms. The molecule has 0 unspecified atom stereocenters. The van der Waals surface area contributed by atoms with Crippen LogP contribution in [0.4, 0.5) is 5.82 Å². The third kappa shape index (κ3) is 2.55. The van der Waals surface area contributed by atoms with Crippen LogP contribution in [0.25, 0.3) is 0 Å². The van der Waals surface area contributed by atoms with Crippen molar-refractivity contribution >= 4 is 11.7 Å². The molecule has 0 aliphatic carbocycles. The van der Waals surface area contributed by atoms with Crippen LogP contribution >= 0.6 is 0 Å². The van der Waals surface area contributed by atoms with Crippen molar-refractivity contribution in [1.29, 1.82) is 5.26 Å². The molecule has 96 valence electrons. The molecule has 1 amide bonds. The number of aromatic nitrogens is 2. The van der Waals surface area contributed by atoms with E-state index in [-0.39, 0.29) is 22.7 Å². The number of amides is 1. The van der Waals surface area contributed by atoms with E-state index in [4.69, 9.17) is 5.26 Å². The van der Waals surface area contributed by atoms with Crippen LogP contribution in [-0.2, 0) is 7.05 Å². The van der Waals surface area contributed by atoms with E-state index < -0.39 is 5.91 Å². The monoisotopic (exact) mass is 256 g/mol. The number of aromatic hydroxyl groups is 1. The number of anilines is 1. The van der Waals surface area contributed by atoms with Gasteiger partial charge in [-0.2, -0.15) is 10.4 Å². The largest absolute Gasteiger partial charge is 0.507 e. The van der Waals surface area contributed by atoms with Gasteiger partial charge >= 0.3 is 0 Å². The van der Waals surface area contributed by atoms with Crippen molar-refractivity contribution < 1.29 is 9.90 Å². The highest BCUT2D eigenvalue weighted by Crippen LogP contribution is 2.20. The minimum Gasteiger partial charge on any atom is -0.507 e. The van der Waals surface area contributed by atoms with Crippen molar-refractivity contribution in [2.45, 2.75) is 6.92 Å². The van der Waals surface area contributed by atoms with Gasteiger partial charge in [-0.3, -0.25) is 9.48 Å². The third-order valence-electron chi connectivity index (χ3n) is 2.58. The molecular formula is C13H12N4O2. The Morgan fingerprint density at radius 2 is 2.26 bits per heavy atom. The number of phenols is 1. The summed E-state index contributed by atoms with van der Waals surface area (Å²) in [5, 5.41) is 25.1. The van der Waals surface area contributed by atoms with E-state index in [1.54, 1.807) is 13.1 Å². The Morgan fingerprint density at radius 1 is 1.53 bits per heavy atom. The lowest BCUT2D eigenvalue weighted by Crippen LogP contribution is -2.13. The minimum atomic E-state index is -0.507. The summed E-state index contributed by atoms with van der Waals surface area (Å²) in [6.45, 7) is 1.81. The number of hydrogen-bond acceptors (Lipinski definition) is 4. The van der Waals surface area contributed by atoms with Crippen LogP contribution in [-0.4, -0.2) is 20.8 Å². The number of phenolic OH excluding ortho intramolecular Hbond substituents is 1. The first kappa shape index (κ1) is 12.6. The Kier molecular flexibility index (Phi) is 3.21. The quantitative estimate of drug-likeness (QED) is 0.853. The number of nitrogens with one attached hydrogen (secondary N) is 1. The Morgan fingerprint density at radius 3 is 2.89 bits per heavy atom. The van der Waals surface area contributed by atoms with Crippen LogP contribution in [0.5, 0.6) is 5.75 Å². The molecule has 0 spiro atoms. The highest BCUT2D eigenvalue weighted by Gasteiger charge is 2.15. The summed E-state index contributed by atoms with van der Waals surface area (Å²) < 4.78 is 1.43. The first-order chi connectivity index (χ1) is 9.01. The molecule has 1 aromatic carbocycles. The molecular weight excluding hydrogens is 244 g/mol. The van der Waals surface area contributed by atoms with E-state index >= 15 is 0 Å². The summed E-state index contributed by atoms with van der Waals surface area (Å²) in [4.78, 5) is 12.0. The molecule has 6 nitrogen and oxygen atoms in total. The Bertz CT molecular complexity index is 682. The number of aryl methyl sites for hydroxylation is 2. The van der Waals surface area contributed by atoms with Crippen molar-refractivity contribution in [1.82, 2.24) is 9.78 Å². The zero-order valence-electron chi connectivity index (χ0n) is 10.5. The maximum Gasteiger partial charge on any atom is 0.260 e. The molecule has 6 heteroatoms. The fourth-order valence-corrected chi connectivity index (χ4v) is 1.67. The molecule has 0 saturated heterocycles. The fourth-order valence-electron chi connectivity index (χ4n) is 1.67. The lowest BCUT2D eigenvalue weighted by molar-refractivity contribution is 0.102. The molecule has 0 aliphatic rings. The van der Waals surface area contributed by atoms with E-state index in [1.807, 2.05) is 13.0 Å². The van der Waals surface area contributed by atoms with Crippen molar-refractivity contribution in [3.63, 3.8) is 0 Å². The molecule has 2 aromatic rings. The predicted molar refractivity (Wildman–Crippen MR) is 68.7 cm³/mol. The van der Waals surface area contributed by atoms with Crippen LogP contribution in [0.15, 0.2) is 24.4 Å². The fraction of sp³-hybridized carbons (Fsp3) is 0.154. The van der Waals surface area contributed by atoms with Gasteiger partial charge in [0.1, 0.15) is 17.4 Å². The highest BCUT2D eigenvalue weighted by atomic mass is 16.3. The van der Waals surface area contributed by atoms with E-state index in [9.17, 15) is 9.90 Å². The molecule has 1 aromatic heterocycles. The maximum absolute atomic E-state index is 12.0.